The molecule has 19 heavy (non-hydrogen) atoms. The quantitative estimate of drug-likeness (QED) is 0.793. The summed E-state index contributed by atoms with van der Waals surface area (Å²) < 4.78 is 0. The van der Waals surface area contributed by atoms with Gasteiger partial charge in [0.15, 0.2) is 0 Å². The van der Waals surface area contributed by atoms with Crippen molar-refractivity contribution in [3.8, 4) is 0 Å². The molecule has 0 spiro atoms. The summed E-state index contributed by atoms with van der Waals surface area (Å²) in [5.41, 5.74) is 1.56. The van der Waals surface area contributed by atoms with E-state index in [9.17, 15) is 4.79 Å². The Bertz CT molecular complexity index is 476. The summed E-state index contributed by atoms with van der Waals surface area (Å²) in [7, 11) is 0. The highest BCUT2D eigenvalue weighted by atomic mass is 16.2. The summed E-state index contributed by atoms with van der Waals surface area (Å²) in [6.07, 6.45) is 0. The van der Waals surface area contributed by atoms with Gasteiger partial charge in [0, 0.05) is 37.3 Å². The summed E-state index contributed by atoms with van der Waals surface area (Å²) in [4.78, 5) is 14.4. The van der Waals surface area contributed by atoms with E-state index < -0.39 is 0 Å². The second kappa shape index (κ2) is 4.34. The summed E-state index contributed by atoms with van der Waals surface area (Å²) in [5, 5.41) is 10.6. The van der Waals surface area contributed by atoms with Crippen LogP contribution in [0.25, 0.3) is 0 Å². The van der Waals surface area contributed by atoms with Crippen LogP contribution in [0.1, 0.15) is 37.0 Å². The molecule has 5 nitrogen and oxygen atoms in total. The van der Waals surface area contributed by atoms with Gasteiger partial charge in [0.2, 0.25) is 0 Å². The van der Waals surface area contributed by atoms with Crippen molar-refractivity contribution in [1.29, 1.82) is 0 Å². The fourth-order valence-corrected chi connectivity index (χ4v) is 3.00. The van der Waals surface area contributed by atoms with E-state index in [1.165, 1.54) is 0 Å². The Morgan fingerprint density at radius 2 is 1.95 bits per heavy atom. The lowest BCUT2D eigenvalue weighted by Crippen LogP contribution is -2.32. The minimum Gasteiger partial charge on any atom is -0.337 e. The lowest BCUT2D eigenvalue weighted by atomic mass is 9.92. The lowest BCUT2D eigenvalue weighted by Gasteiger charge is -2.16. The van der Waals surface area contributed by atoms with Gasteiger partial charge in [0.05, 0.1) is 0 Å². The number of amides is 1. The van der Waals surface area contributed by atoms with Gasteiger partial charge in [-0.3, -0.25) is 9.89 Å². The van der Waals surface area contributed by atoms with Crippen LogP contribution in [0.2, 0.25) is 0 Å². The molecule has 1 aromatic rings. The molecule has 1 aromatic heterocycles. The highest BCUT2D eigenvalue weighted by molar-refractivity contribution is 5.92. The van der Waals surface area contributed by atoms with Gasteiger partial charge in [-0.05, 0) is 17.9 Å². The van der Waals surface area contributed by atoms with E-state index in [0.29, 0.717) is 17.5 Å². The van der Waals surface area contributed by atoms with Gasteiger partial charge < -0.3 is 10.2 Å². The minimum atomic E-state index is -0.00301. The number of nitrogens with zero attached hydrogens (tertiary/aromatic N) is 2. The molecule has 5 heteroatoms. The zero-order chi connectivity index (χ0) is 13.6. The Balaban J connectivity index is 1.73. The lowest BCUT2D eigenvalue weighted by molar-refractivity contribution is 0.0776. The Morgan fingerprint density at radius 1 is 1.32 bits per heavy atom. The zero-order valence-corrected chi connectivity index (χ0v) is 11.9. The highest BCUT2D eigenvalue weighted by Crippen LogP contribution is 2.28. The molecule has 104 valence electrons. The van der Waals surface area contributed by atoms with Crippen LogP contribution in [-0.2, 0) is 5.41 Å². The van der Waals surface area contributed by atoms with E-state index in [1.54, 1.807) is 0 Å². The normalized spacial score (nSPS) is 26.8. The summed E-state index contributed by atoms with van der Waals surface area (Å²) >= 11 is 0. The van der Waals surface area contributed by atoms with Gasteiger partial charge in [-0.25, -0.2) is 0 Å². The summed E-state index contributed by atoms with van der Waals surface area (Å²) in [5.74, 6) is 1.33. The maximum absolute atomic E-state index is 12.4. The molecule has 3 heterocycles. The maximum atomic E-state index is 12.4. The van der Waals surface area contributed by atoms with E-state index in [0.717, 1.165) is 31.9 Å². The molecule has 0 saturated carbocycles. The molecule has 2 aliphatic heterocycles. The molecule has 2 atom stereocenters. The number of carbonyl (C=O) groups excluding carboxylic acids is 1. The standard InChI is InChI=1S/C14H22N4O/c1-14(2,3)12-4-11(16-17-12)13(19)18-7-9-5-15-6-10(9)8-18/h4,9-10,15H,5-8H2,1-3H3,(H,16,17)/t9-,10+. The van der Waals surface area contributed by atoms with Crippen LogP contribution < -0.4 is 5.32 Å². The van der Waals surface area contributed by atoms with Crippen molar-refractivity contribution in [2.24, 2.45) is 11.8 Å². The van der Waals surface area contributed by atoms with Crippen LogP contribution in [0.4, 0.5) is 0 Å². The molecule has 1 amide bonds. The molecule has 0 bridgehead atoms. The SMILES string of the molecule is CC(C)(C)c1cc(C(=O)N2C[C@H]3CNC[C@H]3C2)n[nH]1. The van der Waals surface area contributed by atoms with Crippen LogP contribution >= 0.6 is 0 Å². The highest BCUT2D eigenvalue weighted by Gasteiger charge is 2.38. The average Bonchev–Trinajstić information content (AvgIpc) is 3.01. The largest absolute Gasteiger partial charge is 0.337 e. The molecule has 0 radical (unpaired) electrons. The van der Waals surface area contributed by atoms with Gasteiger partial charge in [-0.15, -0.1) is 0 Å². The first-order chi connectivity index (χ1) is 8.95. The third-order valence-corrected chi connectivity index (χ3v) is 4.28. The number of H-pyrrole nitrogens is 1. The van der Waals surface area contributed by atoms with Crippen LogP contribution in [0.3, 0.4) is 0 Å². The van der Waals surface area contributed by atoms with Crippen molar-refractivity contribution in [2.75, 3.05) is 26.2 Å². The van der Waals surface area contributed by atoms with Gasteiger partial charge in [-0.2, -0.15) is 5.10 Å². The third kappa shape index (κ3) is 2.27. The summed E-state index contributed by atoms with van der Waals surface area (Å²) in [6.45, 7) is 10.2. The fourth-order valence-electron chi connectivity index (χ4n) is 3.00. The van der Waals surface area contributed by atoms with Gasteiger partial charge in [0.1, 0.15) is 5.69 Å². The fraction of sp³-hybridized carbons (Fsp3) is 0.714. The monoisotopic (exact) mass is 262 g/mol. The van der Waals surface area contributed by atoms with Crippen molar-refractivity contribution in [3.05, 3.63) is 17.5 Å². The smallest absolute Gasteiger partial charge is 0.274 e. The van der Waals surface area contributed by atoms with Gasteiger partial charge in [-0.1, -0.05) is 20.8 Å². The predicted octanol–water partition coefficient (Wildman–Crippen LogP) is 0.999. The number of fused-ring (bicyclic) bond motifs is 1. The van der Waals surface area contributed by atoms with Crippen LogP contribution in [0.5, 0.6) is 0 Å². The van der Waals surface area contributed by atoms with Crippen molar-refractivity contribution in [3.63, 3.8) is 0 Å². The molecule has 2 N–H and O–H groups in total. The van der Waals surface area contributed by atoms with E-state index in [4.69, 9.17) is 0 Å². The summed E-state index contributed by atoms with van der Waals surface area (Å²) in [6, 6.07) is 1.90. The van der Waals surface area contributed by atoms with E-state index in [-0.39, 0.29) is 11.3 Å². The number of nitrogens with one attached hydrogen (secondary N) is 2. The third-order valence-electron chi connectivity index (χ3n) is 4.28. The van der Waals surface area contributed by atoms with Crippen LogP contribution in [0, 0.1) is 11.8 Å². The first kappa shape index (κ1) is 12.7. The molecule has 3 rings (SSSR count). The molecule has 2 aliphatic rings. The van der Waals surface area contributed by atoms with Crippen LogP contribution in [-0.4, -0.2) is 47.2 Å². The topological polar surface area (TPSA) is 61.0 Å². The molecule has 0 aromatic carbocycles. The van der Waals surface area contributed by atoms with Crippen molar-refractivity contribution >= 4 is 5.91 Å². The van der Waals surface area contributed by atoms with Crippen LogP contribution in [0.15, 0.2) is 6.07 Å². The van der Waals surface area contributed by atoms with Crippen molar-refractivity contribution in [2.45, 2.75) is 26.2 Å². The zero-order valence-electron chi connectivity index (χ0n) is 11.9. The minimum absolute atomic E-state index is 0.00301. The molecule has 0 aliphatic carbocycles. The molecular formula is C14H22N4O. The molecule has 2 fully saturated rings. The van der Waals surface area contributed by atoms with Crippen molar-refractivity contribution < 1.29 is 4.79 Å². The first-order valence-electron chi connectivity index (χ1n) is 7.01. The number of carbonyl (C=O) groups is 1. The second-order valence-electron chi connectivity index (χ2n) is 6.81. The van der Waals surface area contributed by atoms with Gasteiger partial charge >= 0.3 is 0 Å². The molecular weight excluding hydrogens is 240 g/mol. The number of aromatic amines is 1. The first-order valence-corrected chi connectivity index (χ1v) is 7.01. The maximum Gasteiger partial charge on any atom is 0.274 e. The number of hydrogen-bond donors (Lipinski definition) is 2. The number of aromatic nitrogens is 2. The number of rotatable bonds is 1. The Hall–Kier alpha value is -1.36. The van der Waals surface area contributed by atoms with Crippen molar-refractivity contribution in [1.82, 2.24) is 20.4 Å². The second-order valence-corrected chi connectivity index (χ2v) is 6.81. The van der Waals surface area contributed by atoms with E-state index in [2.05, 4.69) is 36.3 Å². The van der Waals surface area contributed by atoms with E-state index >= 15 is 0 Å². The molecule has 2 saturated heterocycles. The predicted molar refractivity (Wildman–Crippen MR) is 73.0 cm³/mol. The van der Waals surface area contributed by atoms with E-state index in [1.807, 2.05) is 11.0 Å². The average molecular weight is 262 g/mol. The van der Waals surface area contributed by atoms with Gasteiger partial charge in [0.25, 0.3) is 5.91 Å². The Morgan fingerprint density at radius 3 is 2.47 bits per heavy atom. The Kier molecular flexibility index (Phi) is 2.89. The number of likely N-dealkylation sites (tertiary alicyclic amines) is 1. The number of hydrogen-bond acceptors (Lipinski definition) is 3. The molecule has 0 unspecified atom stereocenters. The Labute approximate surface area is 113 Å².